The maximum atomic E-state index is 11.1. The van der Waals surface area contributed by atoms with Gasteiger partial charge in [0.05, 0.1) is 6.61 Å². The van der Waals surface area contributed by atoms with Crippen molar-refractivity contribution in [1.82, 2.24) is 0 Å². The highest BCUT2D eigenvalue weighted by Gasteiger charge is 2.37. The highest BCUT2D eigenvalue weighted by molar-refractivity contribution is 6.74. The minimum Gasteiger partial charge on any atom is -0.455 e. The summed E-state index contributed by atoms with van der Waals surface area (Å²) in [7, 11) is -1.82. The lowest BCUT2D eigenvalue weighted by Gasteiger charge is -2.36. The minimum absolute atomic E-state index is 0.134. The van der Waals surface area contributed by atoms with E-state index in [4.69, 9.17) is 20.8 Å². The molecule has 0 aliphatic heterocycles. The lowest BCUT2D eigenvalue weighted by Crippen LogP contribution is -2.43. The number of halogens is 1. The minimum atomic E-state index is -1.82. The van der Waals surface area contributed by atoms with Crippen LogP contribution in [0.1, 0.15) is 20.8 Å². The predicted molar refractivity (Wildman–Crippen MR) is 73.9 cm³/mol. The van der Waals surface area contributed by atoms with Gasteiger partial charge in [0.25, 0.3) is 0 Å². The van der Waals surface area contributed by atoms with Gasteiger partial charge in [0.2, 0.25) is 0 Å². The Morgan fingerprint density at radius 1 is 1.47 bits per heavy atom. The first-order valence-electron chi connectivity index (χ1n) is 5.66. The number of rotatable bonds is 6. The molecule has 1 atom stereocenters. The molecule has 0 saturated heterocycles. The van der Waals surface area contributed by atoms with Crippen molar-refractivity contribution in [2.45, 2.75) is 45.0 Å². The molecule has 0 N–H and O–H groups in total. The van der Waals surface area contributed by atoms with Crippen LogP contribution in [0.2, 0.25) is 18.1 Å². The van der Waals surface area contributed by atoms with Crippen LogP contribution in [0.4, 0.5) is 0 Å². The average Bonchev–Trinajstić information content (AvgIpc) is 2.22. The van der Waals surface area contributed by atoms with Gasteiger partial charge >= 0.3 is 5.97 Å². The molecule has 0 radical (unpaired) electrons. The number of hydrogen-bond acceptors (Lipinski definition) is 3. The molecule has 0 rings (SSSR count). The Bertz CT molecular complexity index is 271. The molecule has 0 aliphatic rings. The van der Waals surface area contributed by atoms with Gasteiger partial charge in [-0.3, -0.25) is 4.79 Å². The van der Waals surface area contributed by atoms with E-state index in [1.54, 1.807) is 6.08 Å². The van der Waals surface area contributed by atoms with Gasteiger partial charge in [-0.25, -0.2) is 0 Å². The molecule has 0 saturated carbocycles. The molecular weight excluding hydrogens is 256 g/mol. The van der Waals surface area contributed by atoms with E-state index in [1.807, 2.05) is 0 Å². The van der Waals surface area contributed by atoms with Crippen molar-refractivity contribution in [1.29, 1.82) is 0 Å². The quantitative estimate of drug-likeness (QED) is 0.323. The molecular formula is C12H23ClO3Si. The maximum Gasteiger partial charge on any atom is 0.321 e. The number of alkyl halides is 1. The van der Waals surface area contributed by atoms with Crippen LogP contribution >= 0.6 is 11.6 Å². The second kappa shape index (κ2) is 6.57. The summed E-state index contributed by atoms with van der Waals surface area (Å²) in [6, 6.07) is 0. The molecule has 0 aromatic carbocycles. The predicted octanol–water partition coefficient (Wildman–Crippen LogP) is 3.34. The topological polar surface area (TPSA) is 35.5 Å². The van der Waals surface area contributed by atoms with E-state index in [-0.39, 0.29) is 10.9 Å². The van der Waals surface area contributed by atoms with E-state index in [0.717, 1.165) is 0 Å². The van der Waals surface area contributed by atoms with Crippen LogP contribution in [0.3, 0.4) is 0 Å². The zero-order chi connectivity index (χ0) is 13.7. The van der Waals surface area contributed by atoms with Gasteiger partial charge in [-0.05, 0) is 24.2 Å². The van der Waals surface area contributed by atoms with Gasteiger partial charge in [0.1, 0.15) is 12.0 Å². The fraction of sp³-hybridized carbons (Fsp3) is 0.750. The van der Waals surface area contributed by atoms with Crippen LogP contribution in [0, 0.1) is 0 Å². The zero-order valence-electron chi connectivity index (χ0n) is 11.4. The van der Waals surface area contributed by atoms with Gasteiger partial charge in [0.15, 0.2) is 8.32 Å². The Hall–Kier alpha value is -0.323. The lowest BCUT2D eigenvalue weighted by atomic mass is 10.2. The van der Waals surface area contributed by atoms with E-state index >= 15 is 0 Å². The summed E-state index contributed by atoms with van der Waals surface area (Å²) in [5.74, 6) is -0.597. The molecule has 0 aliphatic carbocycles. The van der Waals surface area contributed by atoms with Crippen LogP contribution < -0.4 is 0 Å². The Balaban J connectivity index is 4.33. The summed E-state index contributed by atoms with van der Waals surface area (Å²) < 4.78 is 11.0. The molecule has 0 spiro atoms. The highest BCUT2D eigenvalue weighted by Crippen LogP contribution is 2.36. The van der Waals surface area contributed by atoms with Gasteiger partial charge in [-0.2, -0.15) is 0 Å². The van der Waals surface area contributed by atoms with Crippen molar-refractivity contribution in [3.8, 4) is 0 Å². The van der Waals surface area contributed by atoms with E-state index in [1.165, 1.54) is 0 Å². The smallest absolute Gasteiger partial charge is 0.321 e. The van der Waals surface area contributed by atoms with Crippen molar-refractivity contribution in [2.24, 2.45) is 0 Å². The molecule has 3 nitrogen and oxygen atoms in total. The summed E-state index contributed by atoms with van der Waals surface area (Å²) >= 11 is 5.37. The van der Waals surface area contributed by atoms with Crippen molar-refractivity contribution in [3.63, 3.8) is 0 Å². The van der Waals surface area contributed by atoms with E-state index in [9.17, 15) is 4.79 Å². The number of carbonyl (C=O) groups excluding carboxylic acids is 1. The molecule has 0 heterocycles. The Morgan fingerprint density at radius 2 is 2.00 bits per heavy atom. The standard InChI is InChI=1S/C12H23ClO3Si/c1-7-10(16-11(14)8-13)9-15-17(5,6)12(2,3)4/h7,10H,1,8-9H2,2-6H3/t10-/m0/s1. The van der Waals surface area contributed by atoms with E-state index < -0.39 is 20.4 Å². The third kappa shape index (κ3) is 5.70. The van der Waals surface area contributed by atoms with Crippen molar-refractivity contribution >= 4 is 25.9 Å². The fourth-order valence-electron chi connectivity index (χ4n) is 0.857. The second-order valence-electron chi connectivity index (χ2n) is 5.47. The summed E-state index contributed by atoms with van der Waals surface area (Å²) in [5.41, 5.74) is 0. The molecule has 0 unspecified atom stereocenters. The van der Waals surface area contributed by atoms with Crippen molar-refractivity contribution in [2.75, 3.05) is 12.5 Å². The van der Waals surface area contributed by atoms with Gasteiger partial charge < -0.3 is 9.16 Å². The first-order chi connectivity index (χ1) is 7.64. The van der Waals surface area contributed by atoms with Gasteiger partial charge in [-0.15, -0.1) is 11.6 Å². The first-order valence-corrected chi connectivity index (χ1v) is 9.10. The second-order valence-corrected chi connectivity index (χ2v) is 10.5. The molecule has 0 fully saturated rings. The summed E-state index contributed by atoms with van der Waals surface area (Å²) in [4.78, 5) is 11.1. The van der Waals surface area contributed by atoms with Crippen LogP contribution in [-0.2, 0) is 14.0 Å². The molecule has 0 amide bonds. The molecule has 0 aromatic rings. The first kappa shape index (κ1) is 16.7. The van der Waals surface area contributed by atoms with E-state index in [2.05, 4.69) is 40.4 Å². The maximum absolute atomic E-state index is 11.1. The largest absolute Gasteiger partial charge is 0.455 e. The fourth-order valence-corrected chi connectivity index (χ4v) is 1.93. The molecule has 5 heteroatoms. The number of carbonyl (C=O) groups is 1. The zero-order valence-corrected chi connectivity index (χ0v) is 13.1. The summed E-state index contributed by atoms with van der Waals surface area (Å²) in [5, 5.41) is 0.134. The van der Waals surface area contributed by atoms with Crippen molar-refractivity contribution in [3.05, 3.63) is 12.7 Å². The van der Waals surface area contributed by atoms with Crippen LogP contribution in [0.5, 0.6) is 0 Å². The van der Waals surface area contributed by atoms with E-state index in [0.29, 0.717) is 6.61 Å². The number of ether oxygens (including phenoxy) is 1. The summed E-state index contributed by atoms with van der Waals surface area (Å²) in [6.07, 6.45) is 1.15. The normalized spacial score (nSPS) is 14.2. The number of esters is 1. The molecule has 0 aromatic heterocycles. The van der Waals surface area contributed by atoms with Gasteiger partial charge in [-0.1, -0.05) is 27.4 Å². The molecule has 100 valence electrons. The third-order valence-corrected chi connectivity index (χ3v) is 7.79. The summed E-state index contributed by atoms with van der Waals surface area (Å²) in [6.45, 7) is 14.8. The average molecular weight is 279 g/mol. The number of hydrogen-bond donors (Lipinski definition) is 0. The Morgan fingerprint density at radius 3 is 2.35 bits per heavy atom. The van der Waals surface area contributed by atoms with Gasteiger partial charge in [0, 0.05) is 0 Å². The molecule has 0 bridgehead atoms. The highest BCUT2D eigenvalue weighted by atomic mass is 35.5. The van der Waals surface area contributed by atoms with Crippen LogP contribution in [-0.4, -0.2) is 32.9 Å². The SMILES string of the molecule is C=C[C@@H](CO[Si](C)(C)C(C)(C)C)OC(=O)CCl. The van der Waals surface area contributed by atoms with Crippen LogP contribution in [0.15, 0.2) is 12.7 Å². The molecule has 17 heavy (non-hydrogen) atoms. The van der Waals surface area contributed by atoms with Crippen LogP contribution in [0.25, 0.3) is 0 Å². The monoisotopic (exact) mass is 278 g/mol. The lowest BCUT2D eigenvalue weighted by molar-refractivity contribution is -0.145. The third-order valence-electron chi connectivity index (χ3n) is 3.07. The Labute approximate surface area is 110 Å². The van der Waals surface area contributed by atoms with Crippen molar-refractivity contribution < 1.29 is 14.0 Å². The Kier molecular flexibility index (Phi) is 6.44.